The zero-order chi connectivity index (χ0) is 18.6. The molecule has 1 amide bonds. The molecule has 134 valence electrons. The quantitative estimate of drug-likeness (QED) is 0.798. The Bertz CT molecular complexity index is 770. The van der Waals surface area contributed by atoms with Crippen LogP contribution in [0, 0.1) is 12.7 Å². The molecule has 5 nitrogen and oxygen atoms in total. The van der Waals surface area contributed by atoms with Crippen molar-refractivity contribution in [3.63, 3.8) is 0 Å². The van der Waals surface area contributed by atoms with E-state index in [1.807, 2.05) is 0 Å². The number of benzene rings is 2. The van der Waals surface area contributed by atoms with Gasteiger partial charge in [-0.25, -0.2) is 9.18 Å². The molecule has 0 unspecified atom stereocenters. The van der Waals surface area contributed by atoms with Crippen molar-refractivity contribution in [3.05, 3.63) is 53.3 Å². The van der Waals surface area contributed by atoms with E-state index in [4.69, 9.17) is 15.2 Å². The van der Waals surface area contributed by atoms with Gasteiger partial charge in [0, 0.05) is 12.2 Å². The minimum absolute atomic E-state index is 0.209. The molecule has 0 saturated heterocycles. The molecule has 0 bridgehead atoms. The number of hydrogen-bond donors (Lipinski definition) is 2. The highest BCUT2D eigenvalue weighted by Crippen LogP contribution is 2.28. The van der Waals surface area contributed by atoms with Crippen LogP contribution < -0.4 is 15.8 Å². The highest BCUT2D eigenvalue weighted by Gasteiger charge is 2.16. The third-order valence-corrected chi connectivity index (χ3v) is 3.30. The minimum Gasteiger partial charge on any atom is -0.457 e. The van der Waals surface area contributed by atoms with Gasteiger partial charge in [-0.3, -0.25) is 0 Å². The second-order valence-electron chi connectivity index (χ2n) is 6.73. The molecule has 0 aliphatic carbocycles. The third kappa shape index (κ3) is 5.67. The first-order valence-electron chi connectivity index (χ1n) is 7.93. The summed E-state index contributed by atoms with van der Waals surface area (Å²) >= 11 is 0. The Balaban J connectivity index is 2.08. The summed E-state index contributed by atoms with van der Waals surface area (Å²) in [5, 5.41) is 2.66. The van der Waals surface area contributed by atoms with Crippen LogP contribution in [-0.4, -0.2) is 11.7 Å². The monoisotopic (exact) mass is 346 g/mol. The first-order valence-corrected chi connectivity index (χ1v) is 7.93. The number of ether oxygens (including phenoxy) is 2. The van der Waals surface area contributed by atoms with Crippen LogP contribution in [0.3, 0.4) is 0 Å². The largest absolute Gasteiger partial charge is 0.457 e. The molecule has 0 aromatic heterocycles. The van der Waals surface area contributed by atoms with Crippen LogP contribution in [0.15, 0.2) is 36.4 Å². The second kappa shape index (κ2) is 7.42. The van der Waals surface area contributed by atoms with Crippen molar-refractivity contribution in [3.8, 4) is 11.5 Å². The molecule has 0 aliphatic rings. The van der Waals surface area contributed by atoms with E-state index in [0.29, 0.717) is 28.3 Å². The molecular formula is C19H23FN2O3. The highest BCUT2D eigenvalue weighted by atomic mass is 19.1. The van der Waals surface area contributed by atoms with Crippen molar-refractivity contribution in [2.24, 2.45) is 0 Å². The first-order chi connectivity index (χ1) is 11.6. The zero-order valence-electron chi connectivity index (χ0n) is 14.9. The lowest BCUT2D eigenvalue weighted by Gasteiger charge is -2.20. The Morgan fingerprint density at radius 3 is 2.56 bits per heavy atom. The number of nitrogen functional groups attached to an aromatic ring is 1. The molecule has 6 heteroatoms. The molecule has 0 fully saturated rings. The van der Waals surface area contributed by atoms with Gasteiger partial charge >= 0.3 is 6.09 Å². The highest BCUT2D eigenvalue weighted by molar-refractivity contribution is 5.68. The van der Waals surface area contributed by atoms with Gasteiger partial charge < -0.3 is 20.5 Å². The van der Waals surface area contributed by atoms with Crippen LogP contribution >= 0.6 is 0 Å². The van der Waals surface area contributed by atoms with Crippen molar-refractivity contribution in [1.29, 1.82) is 0 Å². The van der Waals surface area contributed by atoms with E-state index < -0.39 is 11.7 Å². The molecular weight excluding hydrogens is 323 g/mol. The van der Waals surface area contributed by atoms with Crippen molar-refractivity contribution in [2.45, 2.75) is 39.8 Å². The molecule has 0 heterocycles. The fourth-order valence-corrected chi connectivity index (χ4v) is 2.13. The van der Waals surface area contributed by atoms with E-state index >= 15 is 0 Å². The maximum atomic E-state index is 13.2. The van der Waals surface area contributed by atoms with Crippen molar-refractivity contribution in [1.82, 2.24) is 5.32 Å². The van der Waals surface area contributed by atoms with Gasteiger partial charge in [-0.1, -0.05) is 0 Å². The Morgan fingerprint density at radius 2 is 1.92 bits per heavy atom. The summed E-state index contributed by atoms with van der Waals surface area (Å²) in [5.74, 6) is 0.784. The molecule has 2 aromatic carbocycles. The fourth-order valence-electron chi connectivity index (χ4n) is 2.13. The lowest BCUT2D eigenvalue weighted by atomic mass is 10.1. The van der Waals surface area contributed by atoms with E-state index in [9.17, 15) is 9.18 Å². The molecule has 3 N–H and O–H groups in total. The molecule has 0 spiro atoms. The van der Waals surface area contributed by atoms with Gasteiger partial charge in [0.05, 0.1) is 0 Å². The summed E-state index contributed by atoms with van der Waals surface area (Å²) in [5.41, 5.74) is 7.29. The smallest absolute Gasteiger partial charge is 0.407 e. The van der Waals surface area contributed by atoms with Crippen LogP contribution in [0.4, 0.5) is 14.9 Å². The molecule has 2 aromatic rings. The fraction of sp³-hybridized carbons (Fsp3) is 0.316. The lowest BCUT2D eigenvalue weighted by molar-refractivity contribution is 0.0523. The van der Waals surface area contributed by atoms with Crippen LogP contribution in [-0.2, 0) is 11.3 Å². The van der Waals surface area contributed by atoms with Crippen molar-refractivity contribution in [2.75, 3.05) is 5.73 Å². The first kappa shape index (κ1) is 18.6. The molecule has 0 saturated carbocycles. The number of nitrogens with one attached hydrogen (secondary N) is 1. The maximum Gasteiger partial charge on any atom is 0.407 e. The normalized spacial score (nSPS) is 11.1. The van der Waals surface area contributed by atoms with E-state index in [1.54, 1.807) is 52.0 Å². The molecule has 0 radical (unpaired) electrons. The number of amides is 1. The summed E-state index contributed by atoms with van der Waals surface area (Å²) < 4.78 is 24.1. The van der Waals surface area contributed by atoms with Crippen LogP contribution in [0.1, 0.15) is 31.9 Å². The Labute approximate surface area is 146 Å². The third-order valence-electron chi connectivity index (χ3n) is 3.30. The summed E-state index contributed by atoms with van der Waals surface area (Å²) in [6, 6.07) is 9.45. The number of carbonyl (C=O) groups excluding carboxylic acids is 1. The SMILES string of the molecule is Cc1cc(F)ccc1Oc1ccc(N)c(CNC(=O)OC(C)(C)C)c1. The predicted octanol–water partition coefficient (Wildman–Crippen LogP) is 4.53. The standard InChI is InChI=1S/C19H23FN2O3/c1-12-9-14(20)5-8-17(12)24-15-6-7-16(21)13(10-15)11-22-18(23)25-19(2,3)4/h5-10H,11,21H2,1-4H3,(H,22,23). The summed E-state index contributed by atoms with van der Waals surface area (Å²) in [7, 11) is 0. The van der Waals surface area contributed by atoms with Crippen LogP contribution in [0.5, 0.6) is 11.5 Å². The predicted molar refractivity (Wildman–Crippen MR) is 95.1 cm³/mol. The Kier molecular flexibility index (Phi) is 5.51. The average molecular weight is 346 g/mol. The lowest BCUT2D eigenvalue weighted by Crippen LogP contribution is -2.32. The maximum absolute atomic E-state index is 13.2. The average Bonchev–Trinajstić information content (AvgIpc) is 2.48. The number of rotatable bonds is 4. The Hall–Kier alpha value is -2.76. The van der Waals surface area contributed by atoms with Crippen molar-refractivity contribution >= 4 is 11.8 Å². The number of halogens is 1. The number of nitrogens with two attached hydrogens (primary N) is 1. The second-order valence-corrected chi connectivity index (χ2v) is 6.73. The van der Waals surface area contributed by atoms with Gasteiger partial charge in [0.2, 0.25) is 0 Å². The summed E-state index contributed by atoms with van der Waals surface area (Å²) in [6.07, 6.45) is -0.521. The Morgan fingerprint density at radius 1 is 1.20 bits per heavy atom. The van der Waals surface area contributed by atoms with Gasteiger partial charge in [0.1, 0.15) is 22.9 Å². The van der Waals surface area contributed by atoms with Crippen molar-refractivity contribution < 1.29 is 18.7 Å². The van der Waals surface area contributed by atoms with E-state index in [0.717, 1.165) is 0 Å². The number of aryl methyl sites for hydroxylation is 1. The minimum atomic E-state index is -0.569. The molecule has 0 aliphatic heterocycles. The molecule has 0 atom stereocenters. The molecule has 25 heavy (non-hydrogen) atoms. The zero-order valence-corrected chi connectivity index (χ0v) is 14.9. The van der Waals surface area contributed by atoms with Gasteiger partial charge in [0.15, 0.2) is 0 Å². The molecule has 2 rings (SSSR count). The van der Waals surface area contributed by atoms with Crippen LogP contribution in [0.25, 0.3) is 0 Å². The summed E-state index contributed by atoms with van der Waals surface area (Å²) in [4.78, 5) is 11.8. The number of hydrogen-bond acceptors (Lipinski definition) is 4. The van der Waals surface area contributed by atoms with E-state index in [-0.39, 0.29) is 12.4 Å². The number of anilines is 1. The number of alkyl carbamates (subject to hydrolysis) is 1. The van der Waals surface area contributed by atoms with E-state index in [1.165, 1.54) is 12.1 Å². The van der Waals surface area contributed by atoms with Gasteiger partial charge in [0.25, 0.3) is 0 Å². The van der Waals surface area contributed by atoms with Gasteiger partial charge in [-0.2, -0.15) is 0 Å². The van der Waals surface area contributed by atoms with Gasteiger partial charge in [-0.15, -0.1) is 0 Å². The van der Waals surface area contributed by atoms with E-state index in [2.05, 4.69) is 5.32 Å². The summed E-state index contributed by atoms with van der Waals surface area (Å²) in [6.45, 7) is 7.35. The topological polar surface area (TPSA) is 73.6 Å². The van der Waals surface area contributed by atoms with Gasteiger partial charge in [-0.05, 0) is 75.2 Å². The van der Waals surface area contributed by atoms with Crippen LogP contribution in [0.2, 0.25) is 0 Å². The number of carbonyl (C=O) groups is 1.